The summed E-state index contributed by atoms with van der Waals surface area (Å²) >= 11 is 9.21. The summed E-state index contributed by atoms with van der Waals surface area (Å²) in [5, 5.41) is 2.96. The Bertz CT molecular complexity index is 732. The quantitative estimate of drug-likeness (QED) is 0.867. The fourth-order valence-electron chi connectivity index (χ4n) is 1.80. The van der Waals surface area contributed by atoms with Crippen LogP contribution in [0, 0.1) is 6.92 Å². The maximum Gasteiger partial charge on any atom is 0.256 e. The molecule has 0 atom stereocenters. The van der Waals surface area contributed by atoms with E-state index in [-0.39, 0.29) is 16.5 Å². The van der Waals surface area contributed by atoms with Gasteiger partial charge in [-0.15, -0.1) is 0 Å². The molecule has 2 rings (SSSR count). The lowest BCUT2D eigenvalue weighted by atomic mass is 10.1. The number of benzene rings is 2. The van der Waals surface area contributed by atoms with Gasteiger partial charge in [0.15, 0.2) is 0 Å². The zero-order valence-corrected chi connectivity index (χ0v) is 13.5. The first-order chi connectivity index (χ1) is 9.88. The molecule has 0 heterocycles. The van der Waals surface area contributed by atoms with Gasteiger partial charge in [0.25, 0.3) is 5.91 Å². The molecule has 4 nitrogen and oxygen atoms in total. The summed E-state index contributed by atoms with van der Waals surface area (Å²) in [5.74, 6) is -0.934. The second-order valence-electron chi connectivity index (χ2n) is 4.50. The minimum Gasteiger partial charge on any atom is -0.366 e. The van der Waals surface area contributed by atoms with E-state index in [9.17, 15) is 9.59 Å². The van der Waals surface area contributed by atoms with Gasteiger partial charge in [-0.2, -0.15) is 0 Å². The molecule has 0 aromatic heterocycles. The van der Waals surface area contributed by atoms with Crippen LogP contribution in [0.5, 0.6) is 0 Å². The second kappa shape index (κ2) is 6.28. The number of halogens is 2. The Morgan fingerprint density at radius 3 is 2.52 bits per heavy atom. The molecule has 0 aliphatic rings. The van der Waals surface area contributed by atoms with Gasteiger partial charge >= 0.3 is 0 Å². The fraction of sp³-hybridized carbons (Fsp3) is 0.0667. The highest BCUT2D eigenvalue weighted by Crippen LogP contribution is 2.23. The van der Waals surface area contributed by atoms with Crippen molar-refractivity contribution in [3.05, 3.63) is 62.6 Å². The Hall–Kier alpha value is -1.85. The van der Waals surface area contributed by atoms with Crippen LogP contribution in [-0.2, 0) is 0 Å². The molecule has 2 aromatic carbocycles. The summed E-state index contributed by atoms with van der Waals surface area (Å²) in [6.07, 6.45) is 0. The van der Waals surface area contributed by atoms with Crippen molar-refractivity contribution >= 4 is 45.0 Å². The molecule has 0 radical (unpaired) electrons. The minimum atomic E-state index is -0.646. The average molecular weight is 368 g/mol. The first kappa shape index (κ1) is 15.5. The van der Waals surface area contributed by atoms with Crippen LogP contribution in [0.4, 0.5) is 5.69 Å². The monoisotopic (exact) mass is 366 g/mol. The van der Waals surface area contributed by atoms with E-state index in [1.54, 1.807) is 18.2 Å². The third-order valence-corrected chi connectivity index (χ3v) is 3.88. The molecular weight excluding hydrogens is 356 g/mol. The van der Waals surface area contributed by atoms with E-state index >= 15 is 0 Å². The summed E-state index contributed by atoms with van der Waals surface area (Å²) in [6.45, 7) is 1.90. The lowest BCUT2D eigenvalue weighted by Crippen LogP contribution is -2.15. The summed E-state index contributed by atoms with van der Waals surface area (Å²) in [4.78, 5) is 23.5. The van der Waals surface area contributed by atoms with E-state index in [1.807, 2.05) is 13.0 Å². The Morgan fingerprint density at radius 1 is 1.14 bits per heavy atom. The van der Waals surface area contributed by atoms with Gasteiger partial charge in [0.2, 0.25) is 5.91 Å². The summed E-state index contributed by atoms with van der Waals surface area (Å²) < 4.78 is 0.690. The van der Waals surface area contributed by atoms with Crippen LogP contribution in [0.15, 0.2) is 40.9 Å². The Morgan fingerprint density at radius 2 is 1.86 bits per heavy atom. The van der Waals surface area contributed by atoms with E-state index in [1.165, 1.54) is 12.1 Å². The van der Waals surface area contributed by atoms with Gasteiger partial charge in [-0.05, 0) is 53.2 Å². The Kier molecular flexibility index (Phi) is 4.65. The van der Waals surface area contributed by atoms with Crippen LogP contribution in [-0.4, -0.2) is 11.8 Å². The van der Waals surface area contributed by atoms with Crippen molar-refractivity contribution < 1.29 is 9.59 Å². The third kappa shape index (κ3) is 3.62. The summed E-state index contributed by atoms with van der Waals surface area (Å²) in [6, 6.07) is 10.0. The smallest absolute Gasteiger partial charge is 0.256 e. The average Bonchev–Trinajstić information content (AvgIpc) is 2.43. The molecule has 0 aliphatic heterocycles. The van der Waals surface area contributed by atoms with Crippen molar-refractivity contribution in [3.63, 3.8) is 0 Å². The van der Waals surface area contributed by atoms with Crippen molar-refractivity contribution in [1.82, 2.24) is 0 Å². The second-order valence-corrected chi connectivity index (χ2v) is 5.76. The molecular formula is C15H12BrClN2O2. The first-order valence-corrected chi connectivity index (χ1v) is 7.22. The zero-order chi connectivity index (χ0) is 15.6. The van der Waals surface area contributed by atoms with Gasteiger partial charge in [-0.3, -0.25) is 9.59 Å². The number of carbonyl (C=O) groups is 2. The lowest BCUT2D eigenvalue weighted by Gasteiger charge is -2.09. The predicted octanol–water partition coefficient (Wildman–Crippen LogP) is 3.76. The lowest BCUT2D eigenvalue weighted by molar-refractivity contribution is 0.0996. The van der Waals surface area contributed by atoms with Gasteiger partial charge in [-0.25, -0.2) is 0 Å². The van der Waals surface area contributed by atoms with Gasteiger partial charge < -0.3 is 11.1 Å². The molecule has 2 aromatic rings. The highest BCUT2D eigenvalue weighted by molar-refractivity contribution is 9.10. The molecule has 0 saturated heterocycles. The summed E-state index contributed by atoms with van der Waals surface area (Å²) in [5.41, 5.74) is 7.32. The number of nitrogens with two attached hydrogens (primary N) is 1. The van der Waals surface area contributed by atoms with Crippen LogP contribution >= 0.6 is 27.5 Å². The molecule has 0 unspecified atom stereocenters. The molecule has 0 spiro atoms. The number of aryl methyl sites for hydroxylation is 1. The van der Waals surface area contributed by atoms with Gasteiger partial charge in [-0.1, -0.05) is 23.2 Å². The van der Waals surface area contributed by atoms with Crippen molar-refractivity contribution in [3.8, 4) is 0 Å². The van der Waals surface area contributed by atoms with Crippen LogP contribution < -0.4 is 11.1 Å². The number of primary amides is 1. The summed E-state index contributed by atoms with van der Waals surface area (Å²) in [7, 11) is 0. The predicted molar refractivity (Wildman–Crippen MR) is 86.8 cm³/mol. The molecule has 0 fully saturated rings. The molecule has 2 amide bonds. The molecule has 21 heavy (non-hydrogen) atoms. The van der Waals surface area contributed by atoms with Crippen molar-refractivity contribution in [2.75, 3.05) is 5.32 Å². The van der Waals surface area contributed by atoms with Crippen LogP contribution in [0.3, 0.4) is 0 Å². The largest absolute Gasteiger partial charge is 0.366 e. The SMILES string of the molecule is Cc1ccc(Br)c(C(=O)Nc2ccc(Cl)c(C(N)=O)c2)c1. The van der Waals surface area contributed by atoms with Gasteiger partial charge in [0.05, 0.1) is 16.1 Å². The maximum absolute atomic E-state index is 12.3. The highest BCUT2D eigenvalue weighted by atomic mass is 79.9. The molecule has 6 heteroatoms. The van der Waals surface area contributed by atoms with E-state index in [0.717, 1.165) is 5.56 Å². The number of hydrogen-bond acceptors (Lipinski definition) is 2. The van der Waals surface area contributed by atoms with Crippen LogP contribution in [0.2, 0.25) is 5.02 Å². The molecule has 0 bridgehead atoms. The van der Waals surface area contributed by atoms with Gasteiger partial charge in [0.1, 0.15) is 0 Å². The van der Waals surface area contributed by atoms with Crippen molar-refractivity contribution in [1.29, 1.82) is 0 Å². The number of carbonyl (C=O) groups excluding carboxylic acids is 2. The minimum absolute atomic E-state index is 0.165. The number of amides is 2. The molecule has 0 saturated carbocycles. The number of hydrogen-bond donors (Lipinski definition) is 2. The highest BCUT2D eigenvalue weighted by Gasteiger charge is 2.13. The van der Waals surface area contributed by atoms with Crippen molar-refractivity contribution in [2.45, 2.75) is 6.92 Å². The van der Waals surface area contributed by atoms with Crippen LogP contribution in [0.1, 0.15) is 26.3 Å². The third-order valence-electron chi connectivity index (χ3n) is 2.86. The molecule has 0 aliphatic carbocycles. The zero-order valence-electron chi connectivity index (χ0n) is 11.1. The van der Waals surface area contributed by atoms with E-state index in [2.05, 4.69) is 21.2 Å². The maximum atomic E-state index is 12.3. The Labute approximate surface area is 135 Å². The van der Waals surface area contributed by atoms with E-state index in [0.29, 0.717) is 15.7 Å². The first-order valence-electron chi connectivity index (χ1n) is 6.05. The number of rotatable bonds is 3. The van der Waals surface area contributed by atoms with Gasteiger partial charge in [0, 0.05) is 10.2 Å². The standard InChI is InChI=1S/C15H12BrClN2O2/c1-8-2-4-12(16)10(6-8)15(21)19-9-3-5-13(17)11(7-9)14(18)20/h2-7H,1H3,(H2,18,20)(H,19,21). The van der Waals surface area contributed by atoms with Crippen molar-refractivity contribution in [2.24, 2.45) is 5.73 Å². The topological polar surface area (TPSA) is 72.2 Å². The van der Waals surface area contributed by atoms with E-state index in [4.69, 9.17) is 17.3 Å². The van der Waals surface area contributed by atoms with Crippen LogP contribution in [0.25, 0.3) is 0 Å². The molecule has 108 valence electrons. The van der Waals surface area contributed by atoms with E-state index < -0.39 is 5.91 Å². The number of anilines is 1. The number of nitrogens with one attached hydrogen (secondary N) is 1. The fourth-order valence-corrected chi connectivity index (χ4v) is 2.44. The normalized spacial score (nSPS) is 10.2. The molecule has 3 N–H and O–H groups in total. The Balaban J connectivity index is 2.29.